The lowest BCUT2D eigenvalue weighted by atomic mass is 10.00. The lowest BCUT2D eigenvalue weighted by Gasteiger charge is -2.13. The molecule has 1 amide bonds. The number of anilines is 1. The Morgan fingerprint density at radius 2 is 1.82 bits per heavy atom. The van der Waals surface area contributed by atoms with Crippen molar-refractivity contribution in [2.45, 2.75) is 46.5 Å². The van der Waals surface area contributed by atoms with Gasteiger partial charge in [-0.25, -0.2) is 4.79 Å². The van der Waals surface area contributed by atoms with Crippen LogP contribution in [0.5, 0.6) is 5.75 Å². The second kappa shape index (κ2) is 9.82. The quantitative estimate of drug-likeness (QED) is 0.572. The lowest BCUT2D eigenvalue weighted by molar-refractivity contribution is -0.139. The number of carbonyl (C=O) groups excluding carboxylic acids is 2. The van der Waals surface area contributed by atoms with E-state index in [2.05, 4.69) is 12.2 Å². The van der Waals surface area contributed by atoms with Gasteiger partial charge in [0.25, 0.3) is 0 Å². The molecule has 5 nitrogen and oxygen atoms in total. The fourth-order valence-corrected chi connectivity index (χ4v) is 2.03. The summed E-state index contributed by atoms with van der Waals surface area (Å²) in [5.41, 5.74) is 0.594. The first-order valence-electron chi connectivity index (χ1n) is 7.86. The third-order valence-electron chi connectivity index (χ3n) is 3.33. The largest absolute Gasteiger partial charge is 0.450 e. The van der Waals surface area contributed by atoms with E-state index in [-0.39, 0.29) is 11.9 Å². The summed E-state index contributed by atoms with van der Waals surface area (Å²) in [5, 5.41) is 2.58. The van der Waals surface area contributed by atoms with Crippen LogP contribution in [0.1, 0.15) is 46.5 Å². The van der Waals surface area contributed by atoms with Crippen LogP contribution in [0.15, 0.2) is 24.3 Å². The number of rotatable bonds is 8. The number of carbonyl (C=O) groups is 2. The molecule has 0 bridgehead atoms. The third-order valence-corrected chi connectivity index (χ3v) is 3.33. The summed E-state index contributed by atoms with van der Waals surface area (Å²) in [7, 11) is 0. The average molecular weight is 307 g/mol. The number of amides is 1. The number of benzene rings is 1. The van der Waals surface area contributed by atoms with E-state index in [9.17, 15) is 9.59 Å². The minimum Gasteiger partial charge on any atom is -0.450 e. The van der Waals surface area contributed by atoms with E-state index in [1.54, 1.807) is 31.2 Å². The van der Waals surface area contributed by atoms with E-state index in [4.69, 9.17) is 9.47 Å². The van der Waals surface area contributed by atoms with E-state index in [0.717, 1.165) is 25.7 Å². The number of ether oxygens (including phenoxy) is 2. The van der Waals surface area contributed by atoms with Crippen LogP contribution in [0, 0.1) is 5.92 Å². The second-order valence-electron chi connectivity index (χ2n) is 5.04. The Labute approximate surface area is 132 Å². The van der Waals surface area contributed by atoms with Crippen molar-refractivity contribution in [3.05, 3.63) is 24.3 Å². The molecule has 0 radical (unpaired) electrons. The van der Waals surface area contributed by atoms with Gasteiger partial charge in [-0.2, -0.15) is 0 Å². The van der Waals surface area contributed by atoms with Crippen molar-refractivity contribution in [3.63, 3.8) is 0 Å². The predicted octanol–water partition coefficient (Wildman–Crippen LogP) is 4.38. The number of hydrogen-bond acceptors (Lipinski definition) is 4. The molecule has 0 spiro atoms. The van der Waals surface area contributed by atoms with Crippen molar-refractivity contribution in [1.82, 2.24) is 0 Å². The molecule has 1 aromatic rings. The third kappa shape index (κ3) is 6.16. The first kappa shape index (κ1) is 18.0. The molecule has 0 saturated heterocycles. The van der Waals surface area contributed by atoms with Crippen molar-refractivity contribution in [1.29, 1.82) is 0 Å². The highest BCUT2D eigenvalue weighted by molar-refractivity contribution is 5.84. The van der Waals surface area contributed by atoms with Gasteiger partial charge in [-0.15, -0.1) is 0 Å². The first-order chi connectivity index (χ1) is 10.6. The summed E-state index contributed by atoms with van der Waals surface area (Å²) in [6.07, 6.45) is 3.22. The van der Waals surface area contributed by atoms with Crippen LogP contribution < -0.4 is 10.1 Å². The average Bonchev–Trinajstić information content (AvgIpc) is 2.50. The molecule has 122 valence electrons. The standard InChI is InChI=1S/C17H25NO4/c1-4-7-8-13(5-2)16(19)22-15-11-9-14(10-12-15)18-17(20)21-6-3/h9-13H,4-8H2,1-3H3,(H,18,20). The molecule has 0 saturated carbocycles. The van der Waals surface area contributed by atoms with Gasteiger partial charge < -0.3 is 9.47 Å². The van der Waals surface area contributed by atoms with Crippen LogP contribution >= 0.6 is 0 Å². The zero-order chi connectivity index (χ0) is 16.4. The SMILES string of the molecule is CCCCC(CC)C(=O)Oc1ccc(NC(=O)OCC)cc1. The Kier molecular flexibility index (Phi) is 8.04. The van der Waals surface area contributed by atoms with E-state index < -0.39 is 6.09 Å². The highest BCUT2D eigenvalue weighted by atomic mass is 16.5. The van der Waals surface area contributed by atoms with Gasteiger partial charge in [0.1, 0.15) is 5.75 Å². The Hall–Kier alpha value is -2.04. The second-order valence-corrected chi connectivity index (χ2v) is 5.04. The van der Waals surface area contributed by atoms with Crippen molar-refractivity contribution in [3.8, 4) is 5.75 Å². The van der Waals surface area contributed by atoms with E-state index in [1.807, 2.05) is 6.92 Å². The fourth-order valence-electron chi connectivity index (χ4n) is 2.03. The monoisotopic (exact) mass is 307 g/mol. The summed E-state index contributed by atoms with van der Waals surface area (Å²) in [6.45, 7) is 6.16. The Bertz CT molecular complexity index is 470. The van der Waals surface area contributed by atoms with Crippen molar-refractivity contribution < 1.29 is 19.1 Å². The summed E-state index contributed by atoms with van der Waals surface area (Å²) >= 11 is 0. The number of esters is 1. The molecule has 5 heteroatoms. The first-order valence-corrected chi connectivity index (χ1v) is 7.86. The molecule has 0 heterocycles. The van der Waals surface area contributed by atoms with Crippen LogP contribution in [0.4, 0.5) is 10.5 Å². The highest BCUT2D eigenvalue weighted by Gasteiger charge is 2.18. The molecule has 0 aliphatic heterocycles. The predicted molar refractivity (Wildman–Crippen MR) is 86.0 cm³/mol. The van der Waals surface area contributed by atoms with Gasteiger partial charge >= 0.3 is 12.1 Å². The molecule has 1 aromatic carbocycles. The minimum atomic E-state index is -0.502. The Morgan fingerprint density at radius 1 is 1.14 bits per heavy atom. The molecule has 1 atom stereocenters. The van der Waals surface area contributed by atoms with Gasteiger partial charge in [0.05, 0.1) is 12.5 Å². The number of nitrogens with one attached hydrogen (secondary N) is 1. The molecule has 0 fully saturated rings. The lowest BCUT2D eigenvalue weighted by Crippen LogP contribution is -2.20. The van der Waals surface area contributed by atoms with Crippen molar-refractivity contribution >= 4 is 17.7 Å². The van der Waals surface area contributed by atoms with Crippen LogP contribution in [0.2, 0.25) is 0 Å². The maximum atomic E-state index is 12.1. The molecule has 1 unspecified atom stereocenters. The van der Waals surface area contributed by atoms with Crippen molar-refractivity contribution in [2.75, 3.05) is 11.9 Å². The molecular formula is C17H25NO4. The topological polar surface area (TPSA) is 64.6 Å². The zero-order valence-electron chi connectivity index (χ0n) is 13.6. The summed E-state index contributed by atoms with van der Waals surface area (Å²) in [6, 6.07) is 6.66. The summed E-state index contributed by atoms with van der Waals surface area (Å²) in [4.78, 5) is 23.4. The highest BCUT2D eigenvalue weighted by Crippen LogP contribution is 2.20. The Balaban J connectivity index is 2.55. The van der Waals surface area contributed by atoms with Crippen LogP contribution in [0.3, 0.4) is 0 Å². The van der Waals surface area contributed by atoms with Gasteiger partial charge in [-0.3, -0.25) is 10.1 Å². The number of hydrogen-bond donors (Lipinski definition) is 1. The molecule has 0 aromatic heterocycles. The molecule has 1 N–H and O–H groups in total. The van der Waals surface area contributed by atoms with Gasteiger partial charge in [0.2, 0.25) is 0 Å². The van der Waals surface area contributed by atoms with Crippen LogP contribution in [0.25, 0.3) is 0 Å². The smallest absolute Gasteiger partial charge is 0.411 e. The van der Waals surface area contributed by atoms with Gasteiger partial charge in [0.15, 0.2) is 0 Å². The minimum absolute atomic E-state index is 0.0581. The number of unbranched alkanes of at least 4 members (excludes halogenated alkanes) is 1. The normalized spacial score (nSPS) is 11.6. The maximum Gasteiger partial charge on any atom is 0.411 e. The summed E-state index contributed by atoms with van der Waals surface area (Å²) < 4.78 is 10.2. The molecule has 0 aliphatic rings. The van der Waals surface area contributed by atoms with Crippen LogP contribution in [-0.4, -0.2) is 18.7 Å². The molecule has 0 aliphatic carbocycles. The van der Waals surface area contributed by atoms with E-state index in [1.165, 1.54) is 0 Å². The van der Waals surface area contributed by atoms with E-state index >= 15 is 0 Å². The zero-order valence-corrected chi connectivity index (χ0v) is 13.6. The van der Waals surface area contributed by atoms with Gasteiger partial charge in [-0.05, 0) is 44.0 Å². The Morgan fingerprint density at radius 3 is 2.36 bits per heavy atom. The van der Waals surface area contributed by atoms with Gasteiger partial charge in [0, 0.05) is 5.69 Å². The fraction of sp³-hybridized carbons (Fsp3) is 0.529. The summed E-state index contributed by atoms with van der Waals surface area (Å²) in [5.74, 6) is 0.230. The molecular weight excluding hydrogens is 282 g/mol. The molecule has 22 heavy (non-hydrogen) atoms. The van der Waals surface area contributed by atoms with Gasteiger partial charge in [-0.1, -0.05) is 26.7 Å². The van der Waals surface area contributed by atoms with Crippen LogP contribution in [-0.2, 0) is 9.53 Å². The molecule has 1 rings (SSSR count). The maximum absolute atomic E-state index is 12.1. The van der Waals surface area contributed by atoms with E-state index in [0.29, 0.717) is 18.0 Å². The van der Waals surface area contributed by atoms with Crippen molar-refractivity contribution in [2.24, 2.45) is 5.92 Å².